The highest BCUT2D eigenvalue weighted by atomic mass is 16.5. The summed E-state index contributed by atoms with van der Waals surface area (Å²) in [5, 5.41) is 13.6. The zero-order valence-corrected chi connectivity index (χ0v) is 14.5. The molecule has 3 nitrogen and oxygen atoms in total. The van der Waals surface area contributed by atoms with Gasteiger partial charge in [-0.3, -0.25) is 0 Å². The van der Waals surface area contributed by atoms with Crippen molar-refractivity contribution in [2.24, 2.45) is 5.92 Å². The van der Waals surface area contributed by atoms with Crippen LogP contribution in [-0.2, 0) is 13.0 Å². The van der Waals surface area contributed by atoms with Crippen LogP contribution in [0, 0.1) is 11.1 Å². The average Bonchev–Trinajstić information content (AvgIpc) is 3.12. The zero-order valence-electron chi connectivity index (χ0n) is 14.5. The van der Waals surface area contributed by atoms with Crippen molar-refractivity contribution in [3.8, 4) is 0 Å². The molecule has 3 aromatic rings. The molecule has 2 atom stereocenters. The van der Waals surface area contributed by atoms with Crippen LogP contribution in [0.25, 0.3) is 10.9 Å². The number of hydrogen-bond acceptors (Lipinski definition) is 1. The summed E-state index contributed by atoms with van der Waals surface area (Å²) >= 11 is 0. The molecule has 5 rings (SSSR count). The molecule has 2 aromatic carbocycles. The fraction of sp³-hybridized carbons (Fsp3) is 0.318. The molecule has 2 unspecified atom stereocenters. The molecule has 0 spiro atoms. The number of hydroxylamine groups is 1. The predicted octanol–water partition coefficient (Wildman–Crippen LogP) is 4.32. The highest BCUT2D eigenvalue weighted by Crippen LogP contribution is 2.45. The summed E-state index contributed by atoms with van der Waals surface area (Å²) in [6, 6.07) is 19.4. The van der Waals surface area contributed by atoms with Crippen molar-refractivity contribution in [1.29, 1.82) is 0 Å². The third-order valence-corrected chi connectivity index (χ3v) is 6.15. The maximum absolute atomic E-state index is 12.3. The second-order valence-electron chi connectivity index (χ2n) is 7.40. The van der Waals surface area contributed by atoms with Gasteiger partial charge in [-0.25, -0.2) is 4.74 Å². The normalized spacial score (nSPS) is 22.3. The van der Waals surface area contributed by atoms with Crippen molar-refractivity contribution in [2.75, 3.05) is 6.54 Å². The average molecular weight is 330 g/mol. The molecule has 2 aliphatic rings. The number of nitrogens with zero attached hydrogens (tertiary/aromatic N) is 2. The van der Waals surface area contributed by atoms with Crippen LogP contribution in [0.15, 0.2) is 54.6 Å². The van der Waals surface area contributed by atoms with E-state index in [1.807, 2.05) is 6.92 Å². The van der Waals surface area contributed by atoms with E-state index >= 15 is 0 Å². The van der Waals surface area contributed by atoms with Crippen LogP contribution in [0.1, 0.15) is 36.1 Å². The lowest BCUT2D eigenvalue weighted by Crippen LogP contribution is -2.23. The van der Waals surface area contributed by atoms with Crippen LogP contribution >= 0.6 is 0 Å². The molecule has 3 heteroatoms. The first-order chi connectivity index (χ1) is 12.2. The molecule has 0 radical (unpaired) electrons. The van der Waals surface area contributed by atoms with E-state index in [-0.39, 0.29) is 0 Å². The van der Waals surface area contributed by atoms with Crippen molar-refractivity contribution in [3.05, 3.63) is 76.6 Å². The number of rotatable bonds is 2. The third-order valence-electron chi connectivity index (χ3n) is 6.15. The first-order valence-corrected chi connectivity index (χ1v) is 9.16. The zero-order chi connectivity index (χ0) is 17.0. The van der Waals surface area contributed by atoms with Gasteiger partial charge in [-0.15, -0.1) is 0 Å². The summed E-state index contributed by atoms with van der Waals surface area (Å²) in [5.74, 6) is 0.768. The fourth-order valence-electron chi connectivity index (χ4n) is 4.93. The lowest BCUT2D eigenvalue weighted by Gasteiger charge is -2.24. The lowest BCUT2D eigenvalue weighted by molar-refractivity contribution is -0.451. The Bertz CT molecular complexity index is 984. The van der Waals surface area contributed by atoms with Gasteiger partial charge >= 0.3 is 0 Å². The molecule has 126 valence electrons. The van der Waals surface area contributed by atoms with E-state index in [1.165, 1.54) is 32.5 Å². The quantitative estimate of drug-likeness (QED) is 0.508. The summed E-state index contributed by atoms with van der Waals surface area (Å²) in [7, 11) is 0. The van der Waals surface area contributed by atoms with Gasteiger partial charge < -0.3 is 9.77 Å². The molecular weight excluding hydrogens is 308 g/mol. The Labute approximate surface area is 147 Å². The second kappa shape index (κ2) is 5.48. The number of benzene rings is 2. The van der Waals surface area contributed by atoms with Crippen molar-refractivity contribution in [1.82, 2.24) is 4.57 Å². The second-order valence-corrected chi connectivity index (χ2v) is 7.40. The van der Waals surface area contributed by atoms with Gasteiger partial charge in [0.15, 0.2) is 12.3 Å². The van der Waals surface area contributed by atoms with Crippen molar-refractivity contribution in [3.63, 3.8) is 0 Å². The van der Waals surface area contributed by atoms with E-state index in [1.54, 1.807) is 0 Å². The minimum Gasteiger partial charge on any atom is -0.624 e. The molecule has 25 heavy (non-hydrogen) atoms. The number of aromatic nitrogens is 1. The summed E-state index contributed by atoms with van der Waals surface area (Å²) in [4.78, 5) is 0. The molecule has 0 fully saturated rings. The Balaban J connectivity index is 1.69. The number of fused-ring (bicyclic) bond motifs is 5. The minimum absolute atomic E-state index is 0.350. The van der Waals surface area contributed by atoms with Gasteiger partial charge in [-0.1, -0.05) is 48.5 Å². The lowest BCUT2D eigenvalue weighted by atomic mass is 9.76. The largest absolute Gasteiger partial charge is 0.624 e. The van der Waals surface area contributed by atoms with Crippen molar-refractivity contribution < 1.29 is 4.74 Å². The smallest absolute Gasteiger partial charge is 0.164 e. The topological polar surface area (TPSA) is 31.0 Å². The van der Waals surface area contributed by atoms with Crippen LogP contribution < -0.4 is 0 Å². The van der Waals surface area contributed by atoms with Crippen LogP contribution in [0.4, 0.5) is 0 Å². The Morgan fingerprint density at radius 3 is 2.64 bits per heavy atom. The first-order valence-electron chi connectivity index (χ1n) is 9.16. The van der Waals surface area contributed by atoms with E-state index in [0.29, 0.717) is 18.4 Å². The molecule has 1 aromatic heterocycles. The SMILES string of the molecule is CC1=[N+]([O-])CC2c3c(n(Cc4ccccc4)c4ccccc34)CCC12. The maximum atomic E-state index is 12.3. The van der Waals surface area contributed by atoms with Gasteiger partial charge in [0.05, 0.1) is 11.8 Å². The summed E-state index contributed by atoms with van der Waals surface area (Å²) in [6.45, 7) is 3.53. The molecule has 1 aliphatic carbocycles. The molecule has 0 bridgehead atoms. The summed E-state index contributed by atoms with van der Waals surface area (Å²) in [5.41, 5.74) is 6.53. The Kier molecular flexibility index (Phi) is 3.24. The van der Waals surface area contributed by atoms with E-state index in [0.717, 1.165) is 25.1 Å². The molecule has 0 N–H and O–H groups in total. The van der Waals surface area contributed by atoms with Crippen LogP contribution in [0.2, 0.25) is 0 Å². The Morgan fingerprint density at radius 1 is 1.04 bits per heavy atom. The summed E-state index contributed by atoms with van der Waals surface area (Å²) < 4.78 is 3.72. The fourth-order valence-corrected chi connectivity index (χ4v) is 4.93. The Morgan fingerprint density at radius 2 is 1.80 bits per heavy atom. The van der Waals surface area contributed by atoms with Gasteiger partial charge in [-0.05, 0) is 30.0 Å². The number of hydrogen-bond donors (Lipinski definition) is 0. The maximum Gasteiger partial charge on any atom is 0.164 e. The van der Waals surface area contributed by atoms with Gasteiger partial charge in [0.25, 0.3) is 0 Å². The van der Waals surface area contributed by atoms with Crippen LogP contribution in [0.3, 0.4) is 0 Å². The summed E-state index contributed by atoms with van der Waals surface area (Å²) in [6.07, 6.45) is 2.15. The van der Waals surface area contributed by atoms with Crippen molar-refractivity contribution >= 4 is 16.6 Å². The Hall–Kier alpha value is -2.55. The van der Waals surface area contributed by atoms with E-state index in [4.69, 9.17) is 0 Å². The van der Waals surface area contributed by atoms with Gasteiger partial charge in [-0.2, -0.15) is 0 Å². The predicted molar refractivity (Wildman–Crippen MR) is 101 cm³/mol. The van der Waals surface area contributed by atoms with Crippen LogP contribution in [0.5, 0.6) is 0 Å². The third kappa shape index (κ3) is 2.15. The first kappa shape index (κ1) is 14.8. The van der Waals surface area contributed by atoms with Gasteiger partial charge in [0, 0.05) is 30.1 Å². The molecular formula is C22H22N2O. The number of para-hydroxylation sites is 1. The monoisotopic (exact) mass is 330 g/mol. The van der Waals surface area contributed by atoms with Crippen molar-refractivity contribution in [2.45, 2.75) is 32.2 Å². The minimum atomic E-state index is 0.350. The molecule has 0 saturated heterocycles. The standard InChI is InChI=1S/C22H22N2O/c1-15-17-11-12-21-22(19(17)14-24(15)25)18-9-5-6-10-20(18)23(21)13-16-7-3-2-4-8-16/h2-10,17,19H,11-14H2,1H3. The van der Waals surface area contributed by atoms with E-state index < -0.39 is 0 Å². The van der Waals surface area contributed by atoms with E-state index in [9.17, 15) is 5.21 Å². The highest BCUT2D eigenvalue weighted by molar-refractivity contribution is 5.90. The van der Waals surface area contributed by atoms with Gasteiger partial charge in [0.1, 0.15) is 0 Å². The molecule has 0 saturated carbocycles. The molecule has 0 amide bonds. The molecule has 2 heterocycles. The highest BCUT2D eigenvalue weighted by Gasteiger charge is 2.43. The van der Waals surface area contributed by atoms with Gasteiger partial charge in [0.2, 0.25) is 0 Å². The van der Waals surface area contributed by atoms with Crippen LogP contribution in [-0.4, -0.2) is 21.6 Å². The molecule has 1 aliphatic heterocycles. The van der Waals surface area contributed by atoms with E-state index in [2.05, 4.69) is 59.2 Å².